The predicted molar refractivity (Wildman–Crippen MR) is 99.9 cm³/mol. The lowest BCUT2D eigenvalue weighted by Crippen LogP contribution is -2.36. The van der Waals surface area contributed by atoms with Crippen LogP contribution in [-0.2, 0) is 6.42 Å². The number of carbonyl (C=O) groups is 2. The van der Waals surface area contributed by atoms with Crippen molar-refractivity contribution in [2.75, 3.05) is 0 Å². The Hall–Kier alpha value is -2.50. The number of benzene rings is 1. The minimum atomic E-state index is -1.32. The predicted octanol–water partition coefficient (Wildman–Crippen LogP) is 4.21. The van der Waals surface area contributed by atoms with Crippen molar-refractivity contribution >= 4 is 11.9 Å². The average molecular weight is 374 g/mol. The van der Waals surface area contributed by atoms with Crippen LogP contribution in [0.25, 0.3) is 0 Å². The van der Waals surface area contributed by atoms with Gasteiger partial charge in [-0.1, -0.05) is 32.4 Å². The van der Waals surface area contributed by atoms with Crippen LogP contribution < -0.4 is 4.74 Å². The van der Waals surface area contributed by atoms with E-state index in [-0.39, 0.29) is 58.5 Å². The summed E-state index contributed by atoms with van der Waals surface area (Å²) in [6, 6.07) is 0. The highest BCUT2D eigenvalue weighted by atomic mass is 16.5. The minimum Gasteiger partial charge on any atom is -0.507 e. The van der Waals surface area contributed by atoms with Crippen molar-refractivity contribution in [3.8, 4) is 11.5 Å². The zero-order chi connectivity index (χ0) is 20.0. The van der Waals surface area contributed by atoms with Gasteiger partial charge in [0, 0.05) is 11.5 Å². The fraction of sp³-hybridized carbons (Fsp3) is 0.524. The van der Waals surface area contributed by atoms with Crippen molar-refractivity contribution in [2.24, 2.45) is 11.8 Å². The molecule has 1 fully saturated rings. The lowest BCUT2D eigenvalue weighted by molar-refractivity contribution is 0.0669. The van der Waals surface area contributed by atoms with E-state index in [4.69, 9.17) is 4.74 Å². The Morgan fingerprint density at radius 1 is 1.19 bits per heavy atom. The normalized spacial score (nSPS) is 26.0. The highest BCUT2D eigenvalue weighted by Crippen LogP contribution is 2.57. The van der Waals surface area contributed by atoms with Crippen LogP contribution in [0.4, 0.5) is 0 Å². The van der Waals surface area contributed by atoms with Gasteiger partial charge in [-0.2, -0.15) is 0 Å². The van der Waals surface area contributed by atoms with E-state index >= 15 is 0 Å². The number of carboxylic acid groups (broad SMARTS) is 2. The van der Waals surface area contributed by atoms with Crippen LogP contribution in [-0.4, -0.2) is 33.4 Å². The molecule has 1 aromatic carbocycles. The molecule has 1 saturated carbocycles. The van der Waals surface area contributed by atoms with Gasteiger partial charge in [-0.05, 0) is 43.6 Å². The maximum atomic E-state index is 12.1. The highest BCUT2D eigenvalue weighted by molar-refractivity contribution is 6.02. The number of rotatable bonds is 5. The van der Waals surface area contributed by atoms with Crippen LogP contribution in [0.15, 0.2) is 12.2 Å². The first-order chi connectivity index (χ1) is 12.7. The van der Waals surface area contributed by atoms with Crippen LogP contribution in [0.3, 0.4) is 0 Å². The SMILES string of the molecule is C=C(C)[C@@H]1CC[C@@H](C)C2Oc3c(C(=O)O)c(CCC)c(C(=O)O)c(O)c3C21. The number of fused-ring (bicyclic) bond motifs is 3. The van der Waals surface area contributed by atoms with E-state index in [1.807, 2.05) is 20.8 Å². The fourth-order valence-corrected chi connectivity index (χ4v) is 4.78. The van der Waals surface area contributed by atoms with Crippen LogP contribution in [0, 0.1) is 11.8 Å². The first kappa shape index (κ1) is 19.3. The molecule has 2 unspecified atom stereocenters. The van der Waals surface area contributed by atoms with E-state index in [2.05, 4.69) is 6.58 Å². The number of ether oxygens (including phenoxy) is 1. The molecule has 1 aromatic rings. The van der Waals surface area contributed by atoms with Crippen molar-refractivity contribution in [3.63, 3.8) is 0 Å². The Kier molecular flexibility index (Phi) is 4.93. The van der Waals surface area contributed by atoms with Crippen LogP contribution in [0.2, 0.25) is 0 Å². The third kappa shape index (κ3) is 2.87. The van der Waals surface area contributed by atoms with Gasteiger partial charge < -0.3 is 20.1 Å². The van der Waals surface area contributed by atoms with Gasteiger partial charge in [0.15, 0.2) is 0 Å². The molecule has 3 rings (SSSR count). The van der Waals surface area contributed by atoms with Gasteiger partial charge in [-0.15, -0.1) is 0 Å². The molecule has 1 heterocycles. The summed E-state index contributed by atoms with van der Waals surface area (Å²) in [5.41, 5.74) is 0.959. The largest absolute Gasteiger partial charge is 0.507 e. The third-order valence-electron chi connectivity index (χ3n) is 6.00. The van der Waals surface area contributed by atoms with Gasteiger partial charge in [0.2, 0.25) is 0 Å². The summed E-state index contributed by atoms with van der Waals surface area (Å²) < 4.78 is 6.12. The third-order valence-corrected chi connectivity index (χ3v) is 6.00. The number of hydrogen-bond acceptors (Lipinski definition) is 4. The molecular formula is C21H26O6. The summed E-state index contributed by atoms with van der Waals surface area (Å²) in [4.78, 5) is 24.0. The summed E-state index contributed by atoms with van der Waals surface area (Å²) >= 11 is 0. The van der Waals surface area contributed by atoms with Crippen LogP contribution >= 0.6 is 0 Å². The first-order valence-corrected chi connectivity index (χ1v) is 9.40. The molecule has 0 saturated heterocycles. The number of phenols is 1. The van der Waals surface area contributed by atoms with E-state index in [1.54, 1.807) is 0 Å². The fourth-order valence-electron chi connectivity index (χ4n) is 4.78. The Morgan fingerprint density at radius 2 is 1.81 bits per heavy atom. The molecule has 0 spiro atoms. The monoisotopic (exact) mass is 374 g/mol. The zero-order valence-electron chi connectivity index (χ0n) is 15.9. The minimum absolute atomic E-state index is 0.0127. The number of carboxylic acids is 2. The molecular weight excluding hydrogens is 348 g/mol. The molecule has 1 aliphatic carbocycles. The standard InChI is InChI=1S/C21H26O6/c1-5-6-12-14(20(23)24)17(22)16-13-11(9(2)3)8-7-10(4)18(13)27-19(16)15(12)21(25)26/h10-11,13,18,22H,2,5-8H2,1,3-4H3,(H,23,24)(H,25,26)/t10-,11+,13?,18?/m1/s1. The molecule has 27 heavy (non-hydrogen) atoms. The Balaban J connectivity index is 2.35. The van der Waals surface area contributed by atoms with Gasteiger partial charge in [-0.3, -0.25) is 0 Å². The van der Waals surface area contributed by atoms with Crippen molar-refractivity contribution in [1.29, 1.82) is 0 Å². The second-order valence-corrected chi connectivity index (χ2v) is 7.80. The molecule has 2 aliphatic rings. The first-order valence-electron chi connectivity index (χ1n) is 9.40. The van der Waals surface area contributed by atoms with Crippen molar-refractivity contribution in [2.45, 2.75) is 58.5 Å². The molecule has 6 heteroatoms. The van der Waals surface area contributed by atoms with Crippen molar-refractivity contribution in [3.05, 3.63) is 34.4 Å². The van der Waals surface area contributed by atoms with Gasteiger partial charge >= 0.3 is 11.9 Å². The Bertz CT molecular complexity index is 825. The maximum absolute atomic E-state index is 12.1. The maximum Gasteiger partial charge on any atom is 0.339 e. The number of hydrogen-bond donors (Lipinski definition) is 3. The second-order valence-electron chi connectivity index (χ2n) is 7.80. The van der Waals surface area contributed by atoms with E-state index in [0.29, 0.717) is 12.0 Å². The van der Waals surface area contributed by atoms with Gasteiger partial charge in [0.1, 0.15) is 28.7 Å². The van der Waals surface area contributed by atoms with E-state index in [9.17, 15) is 24.9 Å². The lowest BCUT2D eigenvalue weighted by atomic mass is 9.68. The number of aromatic hydroxyl groups is 1. The molecule has 0 aromatic heterocycles. The molecule has 146 valence electrons. The molecule has 4 atom stereocenters. The molecule has 3 N–H and O–H groups in total. The van der Waals surface area contributed by atoms with Crippen molar-refractivity contribution in [1.82, 2.24) is 0 Å². The van der Waals surface area contributed by atoms with Gasteiger partial charge in [-0.25, -0.2) is 9.59 Å². The molecule has 0 bridgehead atoms. The highest BCUT2D eigenvalue weighted by Gasteiger charge is 2.50. The van der Waals surface area contributed by atoms with Crippen LogP contribution in [0.1, 0.15) is 77.8 Å². The average Bonchev–Trinajstić information content (AvgIpc) is 2.95. The van der Waals surface area contributed by atoms with E-state index in [1.165, 1.54) is 0 Å². The summed E-state index contributed by atoms with van der Waals surface area (Å²) in [7, 11) is 0. The molecule has 6 nitrogen and oxygen atoms in total. The smallest absolute Gasteiger partial charge is 0.339 e. The molecule has 0 amide bonds. The Labute approximate surface area is 158 Å². The quantitative estimate of drug-likeness (QED) is 0.667. The van der Waals surface area contributed by atoms with Gasteiger partial charge in [0.05, 0.1) is 0 Å². The summed E-state index contributed by atoms with van der Waals surface area (Å²) in [5, 5.41) is 30.5. The van der Waals surface area contributed by atoms with Gasteiger partial charge in [0.25, 0.3) is 0 Å². The van der Waals surface area contributed by atoms with E-state index < -0.39 is 11.9 Å². The van der Waals surface area contributed by atoms with Crippen molar-refractivity contribution < 1.29 is 29.6 Å². The summed E-state index contributed by atoms with van der Waals surface area (Å²) in [5.74, 6) is -2.85. The van der Waals surface area contributed by atoms with E-state index in [0.717, 1.165) is 18.4 Å². The number of allylic oxidation sites excluding steroid dienone is 1. The summed E-state index contributed by atoms with van der Waals surface area (Å²) in [6.45, 7) is 9.85. The van der Waals surface area contributed by atoms with Crippen LogP contribution in [0.5, 0.6) is 11.5 Å². The second kappa shape index (κ2) is 6.91. The Morgan fingerprint density at radius 3 is 2.33 bits per heavy atom. The summed E-state index contributed by atoms with van der Waals surface area (Å²) in [6.07, 6.45) is 2.25. The molecule has 0 radical (unpaired) electrons. The topological polar surface area (TPSA) is 104 Å². The zero-order valence-corrected chi connectivity index (χ0v) is 15.9. The number of aromatic carboxylic acids is 2. The lowest BCUT2D eigenvalue weighted by Gasteiger charge is -2.37. The molecule has 1 aliphatic heterocycles.